The summed E-state index contributed by atoms with van der Waals surface area (Å²) in [5.74, 6) is -0.758. The lowest BCUT2D eigenvalue weighted by Crippen LogP contribution is -2.13. The van der Waals surface area contributed by atoms with Gasteiger partial charge in [-0.25, -0.2) is 4.98 Å². The molecule has 0 saturated carbocycles. The Balaban J connectivity index is 1.83. The molecule has 22 heavy (non-hydrogen) atoms. The van der Waals surface area contributed by atoms with Crippen molar-refractivity contribution in [2.24, 2.45) is 0 Å². The maximum atomic E-state index is 12.5. The van der Waals surface area contributed by atoms with Crippen LogP contribution in [0.4, 0.5) is 0 Å². The molecule has 2 aromatic carbocycles. The van der Waals surface area contributed by atoms with Crippen molar-refractivity contribution in [3.05, 3.63) is 59.5 Å². The first-order chi connectivity index (χ1) is 10.7. The fourth-order valence-corrected chi connectivity index (χ4v) is 2.74. The van der Waals surface area contributed by atoms with E-state index in [9.17, 15) is 9.59 Å². The van der Waals surface area contributed by atoms with Crippen molar-refractivity contribution >= 4 is 22.7 Å². The highest BCUT2D eigenvalue weighted by Gasteiger charge is 2.42. The van der Waals surface area contributed by atoms with Gasteiger partial charge in [-0.05, 0) is 12.1 Å². The Morgan fingerprint density at radius 1 is 1.05 bits per heavy atom. The summed E-state index contributed by atoms with van der Waals surface area (Å²) < 4.78 is 10.8. The lowest BCUT2D eigenvalue weighted by molar-refractivity contribution is 0.0876. The molecule has 0 radical (unpaired) electrons. The Morgan fingerprint density at radius 3 is 2.36 bits per heavy atom. The number of Topliss-reactive ketones (excluding diaryl/α,β-unsaturated/α-hetero) is 2. The number of rotatable bonds is 2. The molecule has 1 aromatic heterocycles. The molecule has 5 nitrogen and oxygen atoms in total. The van der Waals surface area contributed by atoms with Crippen molar-refractivity contribution in [3.8, 4) is 5.75 Å². The molecule has 0 saturated heterocycles. The highest BCUT2D eigenvalue weighted by molar-refractivity contribution is 6.29. The monoisotopic (exact) mass is 293 g/mol. The van der Waals surface area contributed by atoms with E-state index in [1.54, 1.807) is 49.6 Å². The average Bonchev–Trinajstić information content (AvgIpc) is 3.06. The van der Waals surface area contributed by atoms with Crippen molar-refractivity contribution in [1.82, 2.24) is 4.98 Å². The zero-order valence-corrected chi connectivity index (χ0v) is 11.7. The number of hydrogen-bond acceptors (Lipinski definition) is 5. The van der Waals surface area contributed by atoms with Gasteiger partial charge < -0.3 is 9.15 Å². The highest BCUT2D eigenvalue weighted by atomic mass is 16.5. The molecule has 0 aliphatic heterocycles. The summed E-state index contributed by atoms with van der Waals surface area (Å²) in [5.41, 5.74) is 1.94. The predicted octanol–water partition coefficient (Wildman–Crippen LogP) is 3.00. The summed E-state index contributed by atoms with van der Waals surface area (Å²) in [6.45, 7) is 0. The Morgan fingerprint density at radius 2 is 1.73 bits per heavy atom. The van der Waals surface area contributed by atoms with E-state index in [0.29, 0.717) is 28.0 Å². The summed E-state index contributed by atoms with van der Waals surface area (Å²) in [7, 11) is 1.55. The van der Waals surface area contributed by atoms with Gasteiger partial charge in [-0.2, -0.15) is 0 Å². The third kappa shape index (κ3) is 1.69. The second kappa shape index (κ2) is 4.53. The molecule has 1 aliphatic rings. The molecule has 3 aromatic rings. The van der Waals surface area contributed by atoms with E-state index in [1.807, 2.05) is 0 Å². The first-order valence-corrected chi connectivity index (χ1v) is 6.81. The number of carbonyl (C=O) groups is 2. The first-order valence-electron chi connectivity index (χ1n) is 6.81. The number of oxazole rings is 1. The second-order valence-corrected chi connectivity index (χ2v) is 5.09. The maximum Gasteiger partial charge on any atom is 0.214 e. The largest absolute Gasteiger partial charge is 0.497 e. The van der Waals surface area contributed by atoms with Crippen LogP contribution >= 0.6 is 0 Å². The third-order valence-electron chi connectivity index (χ3n) is 3.84. The number of fused-ring (bicyclic) bond motifs is 2. The van der Waals surface area contributed by atoms with E-state index in [0.717, 1.165) is 0 Å². The van der Waals surface area contributed by atoms with Crippen LogP contribution in [-0.2, 0) is 0 Å². The van der Waals surface area contributed by atoms with Gasteiger partial charge in [0.1, 0.15) is 11.3 Å². The van der Waals surface area contributed by atoms with E-state index in [1.165, 1.54) is 0 Å². The summed E-state index contributed by atoms with van der Waals surface area (Å²) in [4.78, 5) is 29.2. The van der Waals surface area contributed by atoms with Crippen LogP contribution in [0.1, 0.15) is 32.5 Å². The summed E-state index contributed by atoms with van der Waals surface area (Å²) in [6.07, 6.45) is 0. The fourth-order valence-electron chi connectivity index (χ4n) is 2.74. The number of hydrogen-bond donors (Lipinski definition) is 0. The molecule has 4 rings (SSSR count). The van der Waals surface area contributed by atoms with Crippen LogP contribution in [-0.4, -0.2) is 23.7 Å². The Bertz CT molecular complexity index is 890. The zero-order chi connectivity index (χ0) is 15.3. The fraction of sp³-hybridized carbons (Fsp3) is 0.118. The van der Waals surface area contributed by atoms with Gasteiger partial charge in [0.05, 0.1) is 7.11 Å². The van der Waals surface area contributed by atoms with Crippen LogP contribution in [0.25, 0.3) is 11.1 Å². The Labute approximate surface area is 125 Å². The molecule has 0 N–H and O–H groups in total. The molecular weight excluding hydrogens is 282 g/mol. The number of methoxy groups -OCH3 is 1. The molecule has 5 heteroatoms. The van der Waals surface area contributed by atoms with Gasteiger partial charge in [0.15, 0.2) is 23.1 Å². The number of carbonyl (C=O) groups excluding carboxylic acids is 2. The summed E-state index contributed by atoms with van der Waals surface area (Å²) >= 11 is 0. The topological polar surface area (TPSA) is 69.4 Å². The lowest BCUT2D eigenvalue weighted by atomic mass is 10.0. The van der Waals surface area contributed by atoms with E-state index >= 15 is 0 Å². The molecule has 1 aliphatic carbocycles. The number of aromatic nitrogens is 1. The van der Waals surface area contributed by atoms with Crippen molar-refractivity contribution in [2.45, 2.75) is 5.92 Å². The minimum Gasteiger partial charge on any atom is -0.497 e. The van der Waals surface area contributed by atoms with Crippen LogP contribution < -0.4 is 4.74 Å². The molecule has 0 unspecified atom stereocenters. The van der Waals surface area contributed by atoms with Crippen molar-refractivity contribution in [2.75, 3.05) is 7.11 Å². The van der Waals surface area contributed by atoms with Crippen molar-refractivity contribution in [3.63, 3.8) is 0 Å². The van der Waals surface area contributed by atoms with Crippen LogP contribution in [0.15, 0.2) is 46.9 Å². The summed E-state index contributed by atoms with van der Waals surface area (Å²) in [5, 5.41) is 0. The predicted molar refractivity (Wildman–Crippen MR) is 78.4 cm³/mol. The minimum atomic E-state index is -0.990. The van der Waals surface area contributed by atoms with Crippen LogP contribution in [0, 0.1) is 0 Å². The zero-order valence-electron chi connectivity index (χ0n) is 11.7. The van der Waals surface area contributed by atoms with Gasteiger partial charge in [0, 0.05) is 17.2 Å². The molecule has 0 spiro atoms. The average molecular weight is 293 g/mol. The van der Waals surface area contributed by atoms with Gasteiger partial charge >= 0.3 is 0 Å². The van der Waals surface area contributed by atoms with Crippen LogP contribution in [0.3, 0.4) is 0 Å². The quantitative estimate of drug-likeness (QED) is 0.679. The molecule has 1 heterocycles. The molecule has 0 bridgehead atoms. The van der Waals surface area contributed by atoms with E-state index < -0.39 is 5.92 Å². The van der Waals surface area contributed by atoms with Gasteiger partial charge in [-0.1, -0.05) is 24.3 Å². The second-order valence-electron chi connectivity index (χ2n) is 5.09. The number of benzene rings is 2. The maximum absolute atomic E-state index is 12.5. The molecule has 0 fully saturated rings. The summed E-state index contributed by atoms with van der Waals surface area (Å²) in [6, 6.07) is 12.0. The minimum absolute atomic E-state index is 0.134. The smallest absolute Gasteiger partial charge is 0.214 e. The van der Waals surface area contributed by atoms with E-state index in [4.69, 9.17) is 9.15 Å². The molecule has 0 atom stereocenters. The van der Waals surface area contributed by atoms with Gasteiger partial charge in [0.25, 0.3) is 0 Å². The number of ketones is 2. The molecule has 0 amide bonds. The van der Waals surface area contributed by atoms with Gasteiger partial charge in [-0.15, -0.1) is 0 Å². The Hall–Kier alpha value is -2.95. The SMILES string of the molecule is COc1ccc2nc(C3C(=O)c4ccccc4C3=O)oc2c1. The van der Waals surface area contributed by atoms with Gasteiger partial charge in [-0.3, -0.25) is 9.59 Å². The van der Waals surface area contributed by atoms with Crippen LogP contribution in [0.2, 0.25) is 0 Å². The van der Waals surface area contributed by atoms with Gasteiger partial charge in [0.2, 0.25) is 5.89 Å². The van der Waals surface area contributed by atoms with Crippen molar-refractivity contribution in [1.29, 1.82) is 0 Å². The Kier molecular flexibility index (Phi) is 2.63. The first kappa shape index (κ1) is 12.8. The van der Waals surface area contributed by atoms with E-state index in [2.05, 4.69) is 4.98 Å². The highest BCUT2D eigenvalue weighted by Crippen LogP contribution is 2.35. The molecule has 108 valence electrons. The van der Waals surface area contributed by atoms with Crippen LogP contribution in [0.5, 0.6) is 5.75 Å². The third-order valence-corrected chi connectivity index (χ3v) is 3.84. The lowest BCUT2D eigenvalue weighted by Gasteiger charge is -1.99. The number of nitrogens with zero attached hydrogens (tertiary/aromatic N) is 1. The van der Waals surface area contributed by atoms with Crippen molar-refractivity contribution < 1.29 is 18.7 Å². The van der Waals surface area contributed by atoms with E-state index in [-0.39, 0.29) is 17.5 Å². The number of ether oxygens (including phenoxy) is 1. The normalized spacial score (nSPS) is 14.6. The molecular formula is C17H11NO4. The standard InChI is InChI=1S/C17H11NO4/c1-21-9-6-7-12-13(8-9)22-17(18-12)14-15(19)10-4-2-3-5-11(10)16(14)20/h2-8,14H,1H3.